The summed E-state index contributed by atoms with van der Waals surface area (Å²) in [5, 5.41) is 10.8. The van der Waals surface area contributed by atoms with Crippen molar-refractivity contribution in [3.05, 3.63) is 18.2 Å². The fourth-order valence-corrected chi connectivity index (χ4v) is 2.39. The summed E-state index contributed by atoms with van der Waals surface area (Å²) in [4.78, 5) is 2.25. The van der Waals surface area contributed by atoms with E-state index in [2.05, 4.69) is 29.3 Å². The first-order valence-corrected chi connectivity index (χ1v) is 8.49. The number of rotatable bonds is 14. The average Bonchev–Trinajstić information content (AvgIpc) is 2.62. The molecule has 0 saturated heterocycles. The van der Waals surface area contributed by atoms with Gasteiger partial charge < -0.3 is 35.3 Å². The number of benzene rings is 1. The second-order valence-electron chi connectivity index (χ2n) is 5.23. The van der Waals surface area contributed by atoms with Crippen molar-refractivity contribution < 1.29 is 24.6 Å². The quantitative estimate of drug-likeness (QED) is 0.317. The lowest BCUT2D eigenvalue weighted by Gasteiger charge is -2.24. The van der Waals surface area contributed by atoms with Crippen LogP contribution in [0.25, 0.3) is 0 Å². The van der Waals surface area contributed by atoms with Gasteiger partial charge in [-0.15, -0.1) is 0 Å². The van der Waals surface area contributed by atoms with E-state index < -0.39 is 0 Å². The van der Waals surface area contributed by atoms with Crippen LogP contribution in [0, 0.1) is 0 Å². The molecule has 0 saturated carbocycles. The molecule has 1 rings (SSSR count). The minimum absolute atomic E-state index is 0.0464. The Labute approximate surface area is 144 Å². The van der Waals surface area contributed by atoms with Gasteiger partial charge in [0.15, 0.2) is 5.69 Å². The highest BCUT2D eigenvalue weighted by Gasteiger charge is 2.13. The van der Waals surface area contributed by atoms with E-state index in [-0.39, 0.29) is 6.61 Å². The summed E-state index contributed by atoms with van der Waals surface area (Å²) >= 11 is 0. The normalized spacial score (nSPS) is 10.8. The van der Waals surface area contributed by atoms with Crippen LogP contribution in [0.1, 0.15) is 6.92 Å². The number of nitrogens with two attached hydrogens (primary N) is 2. The molecule has 0 atom stereocenters. The highest BCUT2D eigenvalue weighted by molar-refractivity contribution is 5.65. The average molecular weight is 342 g/mol. The summed E-state index contributed by atoms with van der Waals surface area (Å²) in [6, 6.07) is 6.08. The Morgan fingerprint density at radius 1 is 1.17 bits per heavy atom. The Morgan fingerprint density at radius 3 is 2.54 bits per heavy atom. The third-order valence-electron chi connectivity index (χ3n) is 3.59. The van der Waals surface area contributed by atoms with E-state index in [4.69, 9.17) is 25.1 Å². The number of ether oxygens (including phenoxy) is 3. The van der Waals surface area contributed by atoms with E-state index in [1.54, 1.807) is 7.11 Å². The molecule has 138 valence electrons. The van der Waals surface area contributed by atoms with Crippen LogP contribution in [0.15, 0.2) is 18.2 Å². The molecule has 7 nitrogen and oxygen atoms in total. The standard InChI is InChI=1S/C17H31N3O4/c1-3-20(8-6-18)17-14-15(22-2)4-5-16(17)19-7-10-23-12-13-24-11-9-21/h4-5,14,19,21H,3,6-13,18H2,1-2H3/p+1. The Morgan fingerprint density at radius 2 is 1.92 bits per heavy atom. The largest absolute Gasteiger partial charge is 0.497 e. The minimum Gasteiger partial charge on any atom is -0.497 e. The smallest absolute Gasteiger partial charge is 0.153 e. The molecule has 0 aliphatic rings. The molecular weight excluding hydrogens is 310 g/mol. The second kappa shape index (κ2) is 13.0. The summed E-state index contributed by atoms with van der Waals surface area (Å²) in [6.45, 7) is 7.34. The van der Waals surface area contributed by atoms with Crippen LogP contribution in [0.3, 0.4) is 0 Å². The van der Waals surface area contributed by atoms with Crippen LogP contribution >= 0.6 is 0 Å². The Bertz CT molecular complexity index is 446. The van der Waals surface area contributed by atoms with Gasteiger partial charge in [-0.1, -0.05) is 0 Å². The fraction of sp³-hybridized carbons (Fsp3) is 0.647. The molecule has 0 aromatic heterocycles. The lowest BCUT2D eigenvalue weighted by molar-refractivity contribution is -0.573. The van der Waals surface area contributed by atoms with Crippen molar-refractivity contribution in [3.8, 4) is 5.75 Å². The van der Waals surface area contributed by atoms with Crippen LogP contribution in [0.2, 0.25) is 0 Å². The zero-order chi connectivity index (χ0) is 17.6. The van der Waals surface area contributed by atoms with Gasteiger partial charge in [0.25, 0.3) is 0 Å². The van der Waals surface area contributed by atoms with Crippen molar-refractivity contribution in [3.63, 3.8) is 0 Å². The van der Waals surface area contributed by atoms with Gasteiger partial charge in [0, 0.05) is 31.8 Å². The van der Waals surface area contributed by atoms with E-state index in [0.717, 1.165) is 36.8 Å². The van der Waals surface area contributed by atoms with Crippen molar-refractivity contribution in [2.45, 2.75) is 6.92 Å². The van der Waals surface area contributed by atoms with E-state index in [0.29, 0.717) is 33.0 Å². The van der Waals surface area contributed by atoms with Gasteiger partial charge in [0.1, 0.15) is 18.0 Å². The fourth-order valence-electron chi connectivity index (χ4n) is 2.39. The number of nitrogens with zero attached hydrogens (tertiary/aromatic N) is 1. The number of methoxy groups -OCH3 is 1. The second-order valence-corrected chi connectivity index (χ2v) is 5.23. The first-order chi connectivity index (χ1) is 11.8. The molecule has 5 N–H and O–H groups in total. The molecule has 0 unspecified atom stereocenters. The molecule has 1 aromatic carbocycles. The van der Waals surface area contributed by atoms with Crippen LogP contribution < -0.4 is 20.7 Å². The molecule has 24 heavy (non-hydrogen) atoms. The van der Waals surface area contributed by atoms with Crippen molar-refractivity contribution in [2.24, 2.45) is 5.73 Å². The highest BCUT2D eigenvalue weighted by atomic mass is 16.5. The number of anilines is 1. The van der Waals surface area contributed by atoms with Crippen molar-refractivity contribution >= 4 is 11.4 Å². The summed E-state index contributed by atoms with van der Waals surface area (Å²) in [6.07, 6.45) is 0. The summed E-state index contributed by atoms with van der Waals surface area (Å²) < 4.78 is 16.0. The first-order valence-electron chi connectivity index (χ1n) is 8.49. The molecule has 0 aliphatic carbocycles. The Hall–Kier alpha value is -1.38. The van der Waals surface area contributed by atoms with E-state index >= 15 is 0 Å². The maximum atomic E-state index is 8.61. The molecule has 7 heteroatoms. The SMILES string of the molecule is CCN(CCN)c1cc(OC)ccc1[NH2+]CCOCCOCCO. The van der Waals surface area contributed by atoms with Crippen molar-refractivity contribution in [2.75, 3.05) is 71.2 Å². The maximum Gasteiger partial charge on any atom is 0.153 e. The van der Waals surface area contributed by atoms with Gasteiger partial charge in [-0.05, 0) is 13.0 Å². The molecule has 0 bridgehead atoms. The lowest BCUT2D eigenvalue weighted by atomic mass is 10.2. The van der Waals surface area contributed by atoms with Crippen LogP contribution in [-0.4, -0.2) is 71.4 Å². The molecule has 0 fully saturated rings. The maximum absolute atomic E-state index is 8.61. The Balaban J connectivity index is 2.51. The summed E-state index contributed by atoms with van der Waals surface area (Å²) in [7, 11) is 1.68. The van der Waals surface area contributed by atoms with Gasteiger partial charge in [-0.3, -0.25) is 0 Å². The molecule has 0 amide bonds. The van der Waals surface area contributed by atoms with Gasteiger partial charge >= 0.3 is 0 Å². The third-order valence-corrected chi connectivity index (χ3v) is 3.59. The van der Waals surface area contributed by atoms with Crippen LogP contribution in [0.5, 0.6) is 5.75 Å². The predicted octanol–water partition coefficient (Wildman–Crippen LogP) is -0.299. The van der Waals surface area contributed by atoms with E-state index in [9.17, 15) is 0 Å². The zero-order valence-electron chi connectivity index (χ0n) is 14.9. The number of hydrogen-bond donors (Lipinski definition) is 3. The monoisotopic (exact) mass is 342 g/mol. The van der Waals surface area contributed by atoms with Gasteiger partial charge in [-0.2, -0.15) is 0 Å². The molecule has 0 heterocycles. The third kappa shape index (κ3) is 7.46. The molecular formula is C17H32N3O4+. The number of aliphatic hydroxyl groups excluding tert-OH is 1. The summed E-state index contributed by atoms with van der Waals surface area (Å²) in [5.74, 6) is 0.843. The molecule has 0 spiro atoms. The molecule has 0 aliphatic heterocycles. The number of aliphatic hydroxyl groups is 1. The van der Waals surface area contributed by atoms with Crippen molar-refractivity contribution in [1.82, 2.24) is 0 Å². The van der Waals surface area contributed by atoms with Crippen molar-refractivity contribution in [1.29, 1.82) is 0 Å². The highest BCUT2D eigenvalue weighted by Crippen LogP contribution is 2.27. The number of hydrogen-bond acceptors (Lipinski definition) is 6. The molecule has 0 radical (unpaired) electrons. The van der Waals surface area contributed by atoms with Gasteiger partial charge in [-0.25, -0.2) is 0 Å². The van der Waals surface area contributed by atoms with E-state index in [1.165, 1.54) is 0 Å². The topological polar surface area (TPSA) is 93.8 Å². The summed E-state index contributed by atoms with van der Waals surface area (Å²) in [5.41, 5.74) is 8.01. The minimum atomic E-state index is 0.0464. The van der Waals surface area contributed by atoms with Crippen LogP contribution in [0.4, 0.5) is 11.4 Å². The lowest BCUT2D eigenvalue weighted by Crippen LogP contribution is -2.79. The predicted molar refractivity (Wildman–Crippen MR) is 95.1 cm³/mol. The van der Waals surface area contributed by atoms with Crippen LogP contribution in [-0.2, 0) is 9.47 Å². The Kier molecular flexibility index (Phi) is 11.2. The zero-order valence-corrected chi connectivity index (χ0v) is 14.9. The number of quaternary nitrogens is 1. The van der Waals surface area contributed by atoms with E-state index in [1.807, 2.05) is 6.07 Å². The first kappa shape index (κ1) is 20.7. The van der Waals surface area contributed by atoms with Gasteiger partial charge in [0.2, 0.25) is 0 Å². The molecule has 1 aromatic rings. The van der Waals surface area contributed by atoms with Gasteiger partial charge in [0.05, 0.1) is 40.1 Å². The number of likely N-dealkylation sites (N-methyl/N-ethyl adjacent to an activating group) is 1.